The molecule has 4 radical (unpaired) electrons. The molecule has 1 aliphatic rings. The van der Waals surface area contributed by atoms with E-state index in [9.17, 15) is 0 Å². The lowest BCUT2D eigenvalue weighted by Gasteiger charge is -2.33. The molecule has 3 rings (SSSR count). The molecular formula is C15H13B2N. The SMILES string of the molecule is [B]C1([B])CCCc2cnc(-c3ccccc3)cc21. The second-order valence-corrected chi connectivity index (χ2v) is 4.99. The molecule has 1 heterocycles. The van der Waals surface area contributed by atoms with Crippen molar-refractivity contribution in [2.75, 3.05) is 0 Å². The van der Waals surface area contributed by atoms with Crippen LogP contribution in [0.5, 0.6) is 0 Å². The third-order valence-corrected chi connectivity index (χ3v) is 3.59. The van der Waals surface area contributed by atoms with Crippen molar-refractivity contribution in [1.29, 1.82) is 0 Å². The number of hydrogen-bond donors (Lipinski definition) is 0. The predicted molar refractivity (Wildman–Crippen MR) is 75.8 cm³/mol. The monoisotopic (exact) mass is 229 g/mol. The van der Waals surface area contributed by atoms with E-state index in [2.05, 4.69) is 4.98 Å². The summed E-state index contributed by atoms with van der Waals surface area (Å²) in [4.78, 5) is 4.52. The molecule has 0 bridgehead atoms. The maximum atomic E-state index is 6.19. The number of rotatable bonds is 1. The van der Waals surface area contributed by atoms with Gasteiger partial charge in [0.1, 0.15) is 0 Å². The van der Waals surface area contributed by atoms with Gasteiger partial charge in [-0.05, 0) is 24.5 Å². The van der Waals surface area contributed by atoms with Crippen molar-refractivity contribution in [3.63, 3.8) is 0 Å². The van der Waals surface area contributed by atoms with Gasteiger partial charge in [-0.15, -0.1) is 0 Å². The second-order valence-electron chi connectivity index (χ2n) is 4.99. The van der Waals surface area contributed by atoms with Gasteiger partial charge in [0.25, 0.3) is 0 Å². The van der Waals surface area contributed by atoms with Crippen molar-refractivity contribution in [2.24, 2.45) is 0 Å². The zero-order valence-corrected chi connectivity index (χ0v) is 10.3. The smallest absolute Gasteiger partial charge is 0.0704 e. The van der Waals surface area contributed by atoms with Crippen LogP contribution in [0.25, 0.3) is 11.3 Å². The molecule has 2 aromatic rings. The minimum absolute atomic E-state index is 0.708. The van der Waals surface area contributed by atoms with Crippen molar-refractivity contribution >= 4 is 15.7 Å². The van der Waals surface area contributed by atoms with E-state index >= 15 is 0 Å². The van der Waals surface area contributed by atoms with Crippen LogP contribution in [-0.2, 0) is 11.6 Å². The van der Waals surface area contributed by atoms with Gasteiger partial charge in [0.15, 0.2) is 0 Å². The first-order valence-electron chi connectivity index (χ1n) is 6.29. The summed E-state index contributed by atoms with van der Waals surface area (Å²) in [5, 5.41) is -0.708. The van der Waals surface area contributed by atoms with Gasteiger partial charge >= 0.3 is 0 Å². The summed E-state index contributed by atoms with van der Waals surface area (Å²) in [6, 6.07) is 12.2. The number of fused-ring (bicyclic) bond motifs is 1. The standard InChI is InChI=1S/C15H13B2N/c16-15(17)8-4-7-12-10-18-14(9-13(12)15)11-5-2-1-3-6-11/h1-3,5-6,9-10H,4,7-8H2. The van der Waals surface area contributed by atoms with E-state index in [1.807, 2.05) is 42.6 Å². The van der Waals surface area contributed by atoms with E-state index in [1.165, 1.54) is 5.56 Å². The molecule has 1 aliphatic carbocycles. The molecule has 0 saturated heterocycles. The van der Waals surface area contributed by atoms with Crippen LogP contribution in [0.2, 0.25) is 0 Å². The maximum Gasteiger partial charge on any atom is 0.0704 e. The van der Waals surface area contributed by atoms with E-state index in [4.69, 9.17) is 15.7 Å². The number of hydrogen-bond acceptors (Lipinski definition) is 1. The van der Waals surface area contributed by atoms with Crippen LogP contribution >= 0.6 is 0 Å². The predicted octanol–water partition coefficient (Wildman–Crippen LogP) is 2.57. The molecule has 0 saturated carbocycles. The molecule has 0 unspecified atom stereocenters. The Bertz CT molecular complexity index is 564. The van der Waals surface area contributed by atoms with Gasteiger partial charge in [-0.25, -0.2) is 0 Å². The molecule has 0 atom stereocenters. The fourth-order valence-corrected chi connectivity index (χ4v) is 2.59. The normalized spacial score (nSPS) is 17.1. The fraction of sp³-hybridized carbons (Fsp3) is 0.267. The minimum Gasteiger partial charge on any atom is -0.256 e. The van der Waals surface area contributed by atoms with E-state index in [0.717, 1.165) is 36.1 Å². The van der Waals surface area contributed by atoms with Crippen molar-refractivity contribution in [3.05, 3.63) is 53.7 Å². The van der Waals surface area contributed by atoms with E-state index in [-0.39, 0.29) is 0 Å². The summed E-state index contributed by atoms with van der Waals surface area (Å²) < 4.78 is 0. The number of benzene rings is 1. The van der Waals surface area contributed by atoms with E-state index in [1.54, 1.807) is 0 Å². The molecule has 3 heteroatoms. The summed E-state index contributed by atoms with van der Waals surface area (Å²) in [6.45, 7) is 0. The summed E-state index contributed by atoms with van der Waals surface area (Å²) in [7, 11) is 12.4. The highest BCUT2D eigenvalue weighted by Crippen LogP contribution is 2.34. The van der Waals surface area contributed by atoms with Gasteiger partial charge in [0.05, 0.1) is 21.4 Å². The highest BCUT2D eigenvalue weighted by Gasteiger charge is 2.26. The van der Waals surface area contributed by atoms with Crippen LogP contribution in [0.3, 0.4) is 0 Å². The Hall–Kier alpha value is -1.50. The van der Waals surface area contributed by atoms with Gasteiger partial charge in [-0.2, -0.15) is 0 Å². The Morgan fingerprint density at radius 1 is 1.11 bits per heavy atom. The van der Waals surface area contributed by atoms with Crippen molar-refractivity contribution in [1.82, 2.24) is 4.98 Å². The number of pyridine rings is 1. The van der Waals surface area contributed by atoms with Gasteiger partial charge in [-0.3, -0.25) is 4.98 Å². The van der Waals surface area contributed by atoms with Crippen molar-refractivity contribution in [2.45, 2.75) is 24.5 Å². The first-order chi connectivity index (χ1) is 8.67. The first-order valence-corrected chi connectivity index (χ1v) is 6.29. The summed E-state index contributed by atoms with van der Waals surface area (Å²) in [5.74, 6) is 0. The van der Waals surface area contributed by atoms with E-state index in [0.29, 0.717) is 0 Å². The zero-order chi connectivity index (χ0) is 12.6. The average Bonchev–Trinajstić information content (AvgIpc) is 2.39. The molecule has 0 N–H and O–H groups in total. The first kappa shape index (κ1) is 11.6. The Labute approximate surface area is 110 Å². The number of aryl methyl sites for hydroxylation is 1. The molecule has 0 fully saturated rings. The molecule has 84 valence electrons. The molecule has 1 aromatic heterocycles. The summed E-state index contributed by atoms with van der Waals surface area (Å²) >= 11 is 0. The third-order valence-electron chi connectivity index (χ3n) is 3.59. The van der Waals surface area contributed by atoms with Crippen LogP contribution in [-0.4, -0.2) is 20.7 Å². The van der Waals surface area contributed by atoms with Crippen LogP contribution in [0, 0.1) is 0 Å². The Kier molecular flexibility index (Phi) is 2.77. The lowest BCUT2D eigenvalue weighted by atomic mass is 9.46. The van der Waals surface area contributed by atoms with Crippen LogP contribution < -0.4 is 0 Å². The molecule has 1 nitrogen and oxygen atoms in total. The number of nitrogens with zero attached hydrogens (tertiary/aromatic N) is 1. The van der Waals surface area contributed by atoms with Crippen LogP contribution in [0.15, 0.2) is 42.6 Å². The van der Waals surface area contributed by atoms with E-state index < -0.39 is 5.21 Å². The molecular weight excluding hydrogens is 216 g/mol. The fourth-order valence-electron chi connectivity index (χ4n) is 2.59. The molecule has 0 amide bonds. The van der Waals surface area contributed by atoms with Gasteiger partial charge in [0, 0.05) is 11.8 Å². The Morgan fingerprint density at radius 2 is 1.89 bits per heavy atom. The molecule has 18 heavy (non-hydrogen) atoms. The zero-order valence-electron chi connectivity index (χ0n) is 10.3. The minimum atomic E-state index is -0.708. The highest BCUT2D eigenvalue weighted by atomic mass is 14.7. The van der Waals surface area contributed by atoms with Crippen molar-refractivity contribution in [3.8, 4) is 11.3 Å². The molecule has 0 spiro atoms. The maximum absolute atomic E-state index is 6.19. The van der Waals surface area contributed by atoms with Gasteiger partial charge < -0.3 is 0 Å². The van der Waals surface area contributed by atoms with Gasteiger partial charge in [-0.1, -0.05) is 47.5 Å². The Balaban J connectivity index is 2.10. The summed E-state index contributed by atoms with van der Waals surface area (Å²) in [5.41, 5.74) is 4.27. The second kappa shape index (κ2) is 4.31. The third kappa shape index (κ3) is 1.98. The molecule has 0 aliphatic heterocycles. The summed E-state index contributed by atoms with van der Waals surface area (Å²) in [6.07, 6.45) is 4.81. The lowest BCUT2D eigenvalue weighted by Crippen LogP contribution is -2.31. The average molecular weight is 229 g/mol. The van der Waals surface area contributed by atoms with Gasteiger partial charge in [0.2, 0.25) is 0 Å². The highest BCUT2D eigenvalue weighted by molar-refractivity contribution is 6.40. The Morgan fingerprint density at radius 3 is 2.67 bits per heavy atom. The topological polar surface area (TPSA) is 12.9 Å². The van der Waals surface area contributed by atoms with Crippen LogP contribution in [0.4, 0.5) is 0 Å². The lowest BCUT2D eigenvalue weighted by molar-refractivity contribution is 0.621. The van der Waals surface area contributed by atoms with Crippen molar-refractivity contribution < 1.29 is 0 Å². The number of aromatic nitrogens is 1. The quantitative estimate of drug-likeness (QED) is 0.684. The largest absolute Gasteiger partial charge is 0.256 e. The van der Waals surface area contributed by atoms with Crippen LogP contribution in [0.1, 0.15) is 24.0 Å². The molecule has 1 aromatic carbocycles.